The number of aliphatic imine (C=N–C) groups is 1. The molecule has 1 aromatic carbocycles. The van der Waals surface area contributed by atoms with Crippen molar-refractivity contribution >= 4 is 5.96 Å². The van der Waals surface area contributed by atoms with Crippen LogP contribution in [0, 0.1) is 0 Å². The first-order valence-corrected chi connectivity index (χ1v) is 8.96. The number of benzene rings is 1. The van der Waals surface area contributed by atoms with Crippen LogP contribution in [0.1, 0.15) is 24.8 Å². The molecule has 1 aromatic rings. The molecule has 0 atom stereocenters. The zero-order valence-electron chi connectivity index (χ0n) is 16.3. The van der Waals surface area contributed by atoms with E-state index in [0.717, 1.165) is 57.2 Å². The lowest BCUT2D eigenvalue weighted by Gasteiger charge is -2.22. The summed E-state index contributed by atoms with van der Waals surface area (Å²) in [4.78, 5) is 8.65. The summed E-state index contributed by atoms with van der Waals surface area (Å²) in [6, 6.07) is 8.25. The van der Waals surface area contributed by atoms with Crippen molar-refractivity contribution in [1.29, 1.82) is 0 Å². The van der Waals surface area contributed by atoms with E-state index in [4.69, 9.17) is 4.74 Å². The van der Waals surface area contributed by atoms with Gasteiger partial charge in [0.25, 0.3) is 0 Å². The van der Waals surface area contributed by atoms with E-state index in [1.165, 1.54) is 5.56 Å². The summed E-state index contributed by atoms with van der Waals surface area (Å²) < 4.78 is 5.76. The van der Waals surface area contributed by atoms with Gasteiger partial charge in [0.05, 0.1) is 6.61 Å². The third kappa shape index (κ3) is 9.15. The van der Waals surface area contributed by atoms with Gasteiger partial charge in [0.15, 0.2) is 5.96 Å². The van der Waals surface area contributed by atoms with E-state index in [9.17, 15) is 0 Å². The van der Waals surface area contributed by atoms with Crippen molar-refractivity contribution in [2.75, 3.05) is 47.9 Å². The number of hydrogen-bond acceptors (Lipinski definition) is 3. The maximum atomic E-state index is 5.76. The fourth-order valence-corrected chi connectivity index (χ4v) is 2.42. The van der Waals surface area contributed by atoms with Gasteiger partial charge in [0.2, 0.25) is 0 Å². The normalized spacial score (nSPS) is 11.5. The molecule has 1 rings (SSSR count). The lowest BCUT2D eigenvalue weighted by Crippen LogP contribution is -2.38. The quantitative estimate of drug-likeness (QED) is 0.289. The van der Waals surface area contributed by atoms with E-state index in [1.54, 1.807) is 0 Å². The van der Waals surface area contributed by atoms with E-state index in [2.05, 4.69) is 60.0 Å². The average molecular weight is 347 g/mol. The maximum Gasteiger partial charge on any atom is 0.193 e. The second-order valence-electron chi connectivity index (χ2n) is 6.40. The number of nitrogens with zero attached hydrogens (tertiary/aromatic N) is 3. The Kier molecular flexibility index (Phi) is 10.4. The Morgan fingerprint density at radius 2 is 1.88 bits per heavy atom. The minimum absolute atomic E-state index is 0.748. The number of rotatable bonds is 11. The number of unbranched alkanes of at least 4 members (excludes halogenated alkanes) is 1. The van der Waals surface area contributed by atoms with Gasteiger partial charge < -0.3 is 19.9 Å². The molecule has 0 spiro atoms. The number of nitrogens with one attached hydrogen (secondary N) is 1. The van der Waals surface area contributed by atoms with Crippen molar-refractivity contribution in [3.05, 3.63) is 42.5 Å². The van der Waals surface area contributed by atoms with Crippen molar-refractivity contribution in [3.63, 3.8) is 0 Å². The standard InChI is InChI=1S/C20H34N4O/c1-6-7-8-15-24(5)20(21-2)22-17-18-10-12-19(13-11-18)25-16-9-14-23(3)4/h6,10-13H,1,7-9,14-17H2,2-5H3,(H,21,22). The third-order valence-corrected chi connectivity index (χ3v) is 3.87. The van der Waals surface area contributed by atoms with E-state index < -0.39 is 0 Å². The van der Waals surface area contributed by atoms with Crippen molar-refractivity contribution in [1.82, 2.24) is 15.1 Å². The Labute approximate surface area is 153 Å². The van der Waals surface area contributed by atoms with Gasteiger partial charge in [-0.15, -0.1) is 6.58 Å². The van der Waals surface area contributed by atoms with Gasteiger partial charge in [0, 0.05) is 33.7 Å². The van der Waals surface area contributed by atoms with Crippen LogP contribution in [0.25, 0.3) is 0 Å². The second kappa shape index (κ2) is 12.4. The highest BCUT2D eigenvalue weighted by molar-refractivity contribution is 5.79. The highest BCUT2D eigenvalue weighted by atomic mass is 16.5. The van der Waals surface area contributed by atoms with E-state index >= 15 is 0 Å². The first-order valence-electron chi connectivity index (χ1n) is 8.96. The molecule has 0 radical (unpaired) electrons. The van der Waals surface area contributed by atoms with Crippen LogP contribution in [0.4, 0.5) is 0 Å². The predicted octanol–water partition coefficient (Wildman–Crippen LogP) is 2.99. The number of guanidine groups is 1. The Bertz CT molecular complexity index is 511. The summed E-state index contributed by atoms with van der Waals surface area (Å²) >= 11 is 0. The molecule has 0 heterocycles. The van der Waals surface area contributed by atoms with Gasteiger partial charge in [-0.25, -0.2) is 0 Å². The smallest absolute Gasteiger partial charge is 0.193 e. The molecule has 0 saturated carbocycles. The molecule has 0 aliphatic heterocycles. The molecule has 0 aliphatic rings. The summed E-state index contributed by atoms with van der Waals surface area (Å²) in [5.41, 5.74) is 1.21. The van der Waals surface area contributed by atoms with E-state index in [0.29, 0.717) is 0 Å². The lowest BCUT2D eigenvalue weighted by atomic mass is 10.2. The molecule has 0 unspecified atom stereocenters. The monoisotopic (exact) mass is 346 g/mol. The molecule has 0 bridgehead atoms. The summed E-state index contributed by atoms with van der Waals surface area (Å²) in [5, 5.41) is 3.40. The zero-order valence-corrected chi connectivity index (χ0v) is 16.3. The minimum Gasteiger partial charge on any atom is -0.494 e. The van der Waals surface area contributed by atoms with Crippen LogP contribution in [0.15, 0.2) is 41.9 Å². The van der Waals surface area contributed by atoms with Gasteiger partial charge >= 0.3 is 0 Å². The molecule has 0 aliphatic carbocycles. The first-order chi connectivity index (χ1) is 12.1. The highest BCUT2D eigenvalue weighted by Crippen LogP contribution is 2.12. The summed E-state index contributed by atoms with van der Waals surface area (Å²) in [6.07, 6.45) is 5.09. The van der Waals surface area contributed by atoms with Gasteiger partial charge in [-0.2, -0.15) is 0 Å². The Hall–Kier alpha value is -2.01. The molecular weight excluding hydrogens is 312 g/mol. The van der Waals surface area contributed by atoms with Crippen LogP contribution in [0.2, 0.25) is 0 Å². The third-order valence-electron chi connectivity index (χ3n) is 3.87. The van der Waals surface area contributed by atoms with Crippen molar-refractivity contribution in [2.45, 2.75) is 25.8 Å². The lowest BCUT2D eigenvalue weighted by molar-refractivity contribution is 0.281. The molecular formula is C20H34N4O. The number of ether oxygens (including phenoxy) is 1. The topological polar surface area (TPSA) is 40.1 Å². The zero-order chi connectivity index (χ0) is 18.5. The first kappa shape index (κ1) is 21.0. The largest absolute Gasteiger partial charge is 0.494 e. The minimum atomic E-state index is 0.748. The Morgan fingerprint density at radius 1 is 1.16 bits per heavy atom. The van der Waals surface area contributed by atoms with Crippen LogP contribution in [-0.4, -0.2) is 63.6 Å². The van der Waals surface area contributed by atoms with Crippen LogP contribution in [0.3, 0.4) is 0 Å². The van der Waals surface area contributed by atoms with Crippen LogP contribution >= 0.6 is 0 Å². The molecule has 0 saturated heterocycles. The van der Waals surface area contributed by atoms with Crippen LogP contribution in [-0.2, 0) is 6.54 Å². The molecule has 5 heteroatoms. The van der Waals surface area contributed by atoms with Crippen LogP contribution in [0.5, 0.6) is 5.75 Å². The number of hydrogen-bond donors (Lipinski definition) is 1. The molecule has 140 valence electrons. The van der Waals surface area contributed by atoms with Gasteiger partial charge in [-0.05, 0) is 51.1 Å². The van der Waals surface area contributed by atoms with Crippen molar-refractivity contribution < 1.29 is 4.74 Å². The SMILES string of the molecule is C=CCCCN(C)C(=NC)NCc1ccc(OCCCN(C)C)cc1. The van der Waals surface area contributed by atoms with Gasteiger partial charge in [-0.1, -0.05) is 18.2 Å². The molecule has 5 nitrogen and oxygen atoms in total. The van der Waals surface area contributed by atoms with Crippen molar-refractivity contribution in [3.8, 4) is 5.75 Å². The molecule has 0 fully saturated rings. The molecule has 0 aromatic heterocycles. The Morgan fingerprint density at radius 3 is 2.48 bits per heavy atom. The molecule has 1 N–H and O–H groups in total. The van der Waals surface area contributed by atoms with Gasteiger partial charge in [-0.3, -0.25) is 4.99 Å². The highest BCUT2D eigenvalue weighted by Gasteiger charge is 2.05. The van der Waals surface area contributed by atoms with E-state index in [-0.39, 0.29) is 0 Å². The summed E-state index contributed by atoms with van der Waals surface area (Å²) in [7, 11) is 8.03. The predicted molar refractivity (Wildman–Crippen MR) is 107 cm³/mol. The second-order valence-corrected chi connectivity index (χ2v) is 6.40. The average Bonchev–Trinajstić information content (AvgIpc) is 2.60. The fraction of sp³-hybridized carbons (Fsp3) is 0.550. The molecule has 0 amide bonds. The van der Waals surface area contributed by atoms with Crippen molar-refractivity contribution in [2.24, 2.45) is 4.99 Å². The molecule has 25 heavy (non-hydrogen) atoms. The summed E-state index contributed by atoms with van der Waals surface area (Å²) in [6.45, 7) is 7.26. The Balaban J connectivity index is 2.37. The fourth-order valence-electron chi connectivity index (χ4n) is 2.42. The maximum absolute atomic E-state index is 5.76. The van der Waals surface area contributed by atoms with E-state index in [1.807, 2.05) is 25.3 Å². The van der Waals surface area contributed by atoms with Crippen LogP contribution < -0.4 is 10.1 Å². The number of allylic oxidation sites excluding steroid dienone is 1. The van der Waals surface area contributed by atoms with Gasteiger partial charge in [0.1, 0.15) is 5.75 Å². The summed E-state index contributed by atoms with van der Waals surface area (Å²) in [5.74, 6) is 1.83.